The number of unbranched alkanes of at least 4 members (excludes halogenated alkanes) is 32. The van der Waals surface area contributed by atoms with Gasteiger partial charge in [-0.3, -0.25) is 9.59 Å². The van der Waals surface area contributed by atoms with Crippen LogP contribution >= 0.6 is 0 Å². The van der Waals surface area contributed by atoms with Crippen LogP contribution in [0.1, 0.15) is 271 Å². The molecule has 58 heavy (non-hydrogen) atoms. The molecule has 0 aromatic carbocycles. The summed E-state index contributed by atoms with van der Waals surface area (Å²) in [6, 6.07) is -0.550. The maximum atomic E-state index is 12.4. The van der Waals surface area contributed by atoms with Gasteiger partial charge in [-0.05, 0) is 57.8 Å². The van der Waals surface area contributed by atoms with Gasteiger partial charge in [0.1, 0.15) is 0 Å². The van der Waals surface area contributed by atoms with Gasteiger partial charge in [0, 0.05) is 12.8 Å². The average molecular weight is 818 g/mol. The van der Waals surface area contributed by atoms with E-state index in [1.165, 1.54) is 180 Å². The van der Waals surface area contributed by atoms with E-state index in [0.717, 1.165) is 57.8 Å². The Kier molecular flexibility index (Phi) is 46.6. The topological polar surface area (TPSA) is 95.9 Å². The highest BCUT2D eigenvalue weighted by molar-refractivity contribution is 5.76. The molecular formula is C52H99NO5. The minimum atomic E-state index is -0.672. The van der Waals surface area contributed by atoms with Gasteiger partial charge in [0.15, 0.2) is 0 Å². The molecule has 2 unspecified atom stereocenters. The Hall–Kier alpha value is -1.66. The zero-order chi connectivity index (χ0) is 42.3. The number of allylic oxidation sites excluding steroid dienone is 4. The Morgan fingerprint density at radius 3 is 1.33 bits per heavy atom. The molecule has 0 bridgehead atoms. The van der Waals surface area contributed by atoms with Gasteiger partial charge in [-0.2, -0.15) is 0 Å². The summed E-state index contributed by atoms with van der Waals surface area (Å²) in [5.74, 6) is -0.0684. The first kappa shape index (κ1) is 56.3. The summed E-state index contributed by atoms with van der Waals surface area (Å²) in [5, 5.41) is 23.2. The molecule has 0 saturated heterocycles. The standard InChI is InChI=1S/C52H99NO5/c1-3-5-7-9-11-13-15-17-18-19-22-26-30-34-38-42-46-52(57)58-47-43-39-35-31-27-23-20-21-25-29-33-37-41-45-51(56)53-49(48-54)50(55)44-40-36-32-28-24-16-14-12-10-8-6-4-2/h13,15,18-19,49-50,54-55H,3-12,14,16-17,20-48H2,1-2H3,(H,53,56)/b15-13-,19-18-. The van der Waals surface area contributed by atoms with E-state index in [1.54, 1.807) is 0 Å². The van der Waals surface area contributed by atoms with Crippen molar-refractivity contribution in [2.24, 2.45) is 0 Å². The van der Waals surface area contributed by atoms with Crippen LogP contribution in [0.3, 0.4) is 0 Å². The number of rotatable bonds is 47. The number of aliphatic hydroxyl groups excluding tert-OH is 2. The molecule has 1 amide bonds. The first-order valence-electron chi connectivity index (χ1n) is 25.6. The molecule has 6 nitrogen and oxygen atoms in total. The predicted molar refractivity (Wildman–Crippen MR) is 250 cm³/mol. The van der Waals surface area contributed by atoms with Crippen molar-refractivity contribution in [3.8, 4) is 0 Å². The highest BCUT2D eigenvalue weighted by atomic mass is 16.5. The number of esters is 1. The number of nitrogens with one attached hydrogen (secondary N) is 1. The normalized spacial score (nSPS) is 12.8. The van der Waals surface area contributed by atoms with Crippen molar-refractivity contribution in [3.05, 3.63) is 24.3 Å². The molecule has 0 aliphatic heterocycles. The van der Waals surface area contributed by atoms with Crippen LogP contribution in [0.2, 0.25) is 0 Å². The lowest BCUT2D eigenvalue weighted by Gasteiger charge is -2.22. The van der Waals surface area contributed by atoms with E-state index in [0.29, 0.717) is 25.9 Å². The van der Waals surface area contributed by atoms with Crippen molar-refractivity contribution in [1.82, 2.24) is 5.32 Å². The molecule has 2 atom stereocenters. The van der Waals surface area contributed by atoms with Crippen molar-refractivity contribution in [3.63, 3.8) is 0 Å². The zero-order valence-electron chi connectivity index (χ0n) is 38.8. The Bertz CT molecular complexity index is 904. The van der Waals surface area contributed by atoms with Gasteiger partial charge in [-0.1, -0.05) is 224 Å². The second-order valence-electron chi connectivity index (χ2n) is 17.5. The van der Waals surface area contributed by atoms with E-state index < -0.39 is 12.1 Å². The molecule has 0 aliphatic rings. The summed E-state index contributed by atoms with van der Waals surface area (Å²) >= 11 is 0. The highest BCUT2D eigenvalue weighted by Crippen LogP contribution is 2.16. The third-order valence-electron chi connectivity index (χ3n) is 11.8. The Balaban J connectivity index is 3.45. The van der Waals surface area contributed by atoms with Crippen molar-refractivity contribution in [2.45, 2.75) is 283 Å². The van der Waals surface area contributed by atoms with Crippen molar-refractivity contribution >= 4 is 11.9 Å². The Labute approximate surface area is 361 Å². The Morgan fingerprint density at radius 1 is 0.483 bits per heavy atom. The fourth-order valence-electron chi connectivity index (χ4n) is 7.79. The molecular weight excluding hydrogens is 719 g/mol. The fourth-order valence-corrected chi connectivity index (χ4v) is 7.79. The molecule has 342 valence electrons. The van der Waals surface area contributed by atoms with Crippen LogP contribution in [-0.2, 0) is 14.3 Å². The fraction of sp³-hybridized carbons (Fsp3) is 0.885. The third-order valence-corrected chi connectivity index (χ3v) is 11.8. The van der Waals surface area contributed by atoms with E-state index in [9.17, 15) is 19.8 Å². The van der Waals surface area contributed by atoms with E-state index in [-0.39, 0.29) is 18.5 Å². The van der Waals surface area contributed by atoms with Crippen LogP contribution in [-0.4, -0.2) is 47.4 Å². The molecule has 3 N–H and O–H groups in total. The Morgan fingerprint density at radius 2 is 0.862 bits per heavy atom. The predicted octanol–water partition coefficient (Wildman–Crippen LogP) is 15.1. The lowest BCUT2D eigenvalue weighted by molar-refractivity contribution is -0.143. The largest absolute Gasteiger partial charge is 0.466 e. The molecule has 0 aromatic rings. The molecule has 0 heterocycles. The smallest absolute Gasteiger partial charge is 0.305 e. The second kappa shape index (κ2) is 48.0. The summed E-state index contributed by atoms with van der Waals surface area (Å²) in [5.41, 5.74) is 0. The third kappa shape index (κ3) is 43.9. The summed E-state index contributed by atoms with van der Waals surface area (Å²) in [4.78, 5) is 24.5. The van der Waals surface area contributed by atoms with Gasteiger partial charge in [-0.25, -0.2) is 0 Å². The van der Waals surface area contributed by atoms with Gasteiger partial charge >= 0.3 is 5.97 Å². The zero-order valence-corrected chi connectivity index (χ0v) is 38.8. The van der Waals surface area contributed by atoms with Gasteiger partial charge in [0.25, 0.3) is 0 Å². The van der Waals surface area contributed by atoms with Crippen LogP contribution in [0.25, 0.3) is 0 Å². The highest BCUT2D eigenvalue weighted by Gasteiger charge is 2.20. The summed E-state index contributed by atoms with van der Waals surface area (Å²) < 4.78 is 5.46. The molecule has 0 aliphatic carbocycles. The molecule has 0 fully saturated rings. The summed E-state index contributed by atoms with van der Waals surface area (Å²) in [6.07, 6.45) is 55.7. The maximum absolute atomic E-state index is 12.4. The quantitative estimate of drug-likeness (QED) is 0.0323. The first-order chi connectivity index (χ1) is 28.5. The number of carbonyl (C=O) groups excluding carboxylic acids is 2. The minimum absolute atomic E-state index is 0.0191. The van der Waals surface area contributed by atoms with Crippen LogP contribution < -0.4 is 5.32 Å². The minimum Gasteiger partial charge on any atom is -0.466 e. The summed E-state index contributed by atoms with van der Waals surface area (Å²) in [6.45, 7) is 4.89. The van der Waals surface area contributed by atoms with Crippen molar-refractivity contribution < 1.29 is 24.5 Å². The summed E-state index contributed by atoms with van der Waals surface area (Å²) in [7, 11) is 0. The number of ether oxygens (including phenoxy) is 1. The number of hydrogen-bond donors (Lipinski definition) is 3. The van der Waals surface area contributed by atoms with Crippen LogP contribution in [0.4, 0.5) is 0 Å². The molecule has 6 heteroatoms. The monoisotopic (exact) mass is 818 g/mol. The van der Waals surface area contributed by atoms with E-state index in [1.807, 2.05) is 0 Å². The van der Waals surface area contributed by atoms with Crippen LogP contribution in [0.5, 0.6) is 0 Å². The van der Waals surface area contributed by atoms with E-state index in [4.69, 9.17) is 4.74 Å². The number of amides is 1. The maximum Gasteiger partial charge on any atom is 0.305 e. The molecule has 0 rings (SSSR count). The SMILES string of the molecule is CCCCCC/C=C\C/C=C\CCCCCCCC(=O)OCCCCCCCCCCCCCCCC(=O)NC(CO)C(O)CCCCCCCCCCCCCC. The lowest BCUT2D eigenvalue weighted by Crippen LogP contribution is -2.45. The van der Waals surface area contributed by atoms with Crippen molar-refractivity contribution in [1.29, 1.82) is 0 Å². The average Bonchev–Trinajstić information content (AvgIpc) is 3.22. The molecule has 0 saturated carbocycles. The van der Waals surface area contributed by atoms with Gasteiger partial charge in [-0.15, -0.1) is 0 Å². The van der Waals surface area contributed by atoms with Crippen molar-refractivity contribution in [2.75, 3.05) is 13.2 Å². The first-order valence-corrected chi connectivity index (χ1v) is 25.6. The molecule has 0 radical (unpaired) electrons. The van der Waals surface area contributed by atoms with Crippen LogP contribution in [0.15, 0.2) is 24.3 Å². The van der Waals surface area contributed by atoms with Gasteiger partial charge in [0.05, 0.1) is 25.4 Å². The van der Waals surface area contributed by atoms with Gasteiger partial charge < -0.3 is 20.3 Å². The lowest BCUT2D eigenvalue weighted by atomic mass is 10.0. The molecule has 0 aromatic heterocycles. The number of hydrogen-bond acceptors (Lipinski definition) is 5. The molecule has 0 spiro atoms. The number of aliphatic hydroxyl groups is 2. The van der Waals surface area contributed by atoms with Crippen LogP contribution in [0, 0.1) is 0 Å². The van der Waals surface area contributed by atoms with E-state index >= 15 is 0 Å². The van der Waals surface area contributed by atoms with E-state index in [2.05, 4.69) is 43.5 Å². The number of carbonyl (C=O) groups is 2. The van der Waals surface area contributed by atoms with Gasteiger partial charge in [0.2, 0.25) is 5.91 Å². The second-order valence-corrected chi connectivity index (χ2v) is 17.5.